The molecule has 8 heteroatoms. The normalized spacial score (nSPS) is 16.6. The van der Waals surface area contributed by atoms with Crippen molar-refractivity contribution in [3.63, 3.8) is 0 Å². The van der Waals surface area contributed by atoms with E-state index in [-0.39, 0.29) is 22.6 Å². The second-order valence-corrected chi connectivity index (χ2v) is 9.03. The predicted molar refractivity (Wildman–Crippen MR) is 105 cm³/mol. The van der Waals surface area contributed by atoms with Crippen molar-refractivity contribution in [1.82, 2.24) is 10.2 Å². The minimum absolute atomic E-state index is 0.0301. The highest BCUT2D eigenvalue weighted by molar-refractivity contribution is 7.91. The molecule has 1 aromatic heterocycles. The van der Waals surface area contributed by atoms with Crippen LogP contribution in [0.5, 0.6) is 0 Å². The molecule has 1 unspecified atom stereocenters. The monoisotopic (exact) mass is 406 g/mol. The van der Waals surface area contributed by atoms with Gasteiger partial charge in [0.25, 0.3) is 5.91 Å². The maximum absolute atomic E-state index is 12.6. The van der Waals surface area contributed by atoms with E-state index in [2.05, 4.69) is 10.2 Å². The molecule has 0 saturated carbocycles. The average molecular weight is 407 g/mol. The van der Waals surface area contributed by atoms with Gasteiger partial charge in [-0.05, 0) is 43.3 Å². The molecule has 28 heavy (non-hydrogen) atoms. The van der Waals surface area contributed by atoms with Crippen LogP contribution in [0.1, 0.15) is 34.8 Å². The quantitative estimate of drug-likeness (QED) is 0.758. The third kappa shape index (κ3) is 4.81. The van der Waals surface area contributed by atoms with Crippen molar-refractivity contribution in [3.8, 4) is 0 Å². The summed E-state index contributed by atoms with van der Waals surface area (Å²) in [5.41, 5.74) is 0.423. The van der Waals surface area contributed by atoms with Gasteiger partial charge in [-0.2, -0.15) is 0 Å². The van der Waals surface area contributed by atoms with Crippen LogP contribution in [-0.4, -0.2) is 57.8 Å². The van der Waals surface area contributed by atoms with Crippen LogP contribution in [0.2, 0.25) is 0 Å². The van der Waals surface area contributed by atoms with Crippen LogP contribution in [0.3, 0.4) is 0 Å². The number of hydrogen-bond donors (Lipinski definition) is 1. The molecule has 1 aromatic carbocycles. The Morgan fingerprint density at radius 2 is 1.82 bits per heavy atom. The first kappa shape index (κ1) is 20.6. The van der Waals surface area contributed by atoms with Crippen LogP contribution >= 0.6 is 0 Å². The molecule has 1 atom stereocenters. The molecule has 2 aromatic rings. The number of carbonyl (C=O) groups excluding carboxylic acids is 1. The van der Waals surface area contributed by atoms with Gasteiger partial charge in [-0.25, -0.2) is 8.42 Å². The van der Waals surface area contributed by atoms with E-state index in [0.29, 0.717) is 25.3 Å². The Kier molecular flexibility index (Phi) is 6.53. The van der Waals surface area contributed by atoms with Gasteiger partial charge < -0.3 is 14.5 Å². The number of morpholine rings is 1. The average Bonchev–Trinajstić information content (AvgIpc) is 3.15. The summed E-state index contributed by atoms with van der Waals surface area (Å²) in [7, 11) is -3.28. The molecule has 1 fully saturated rings. The Bertz CT molecular complexity index is 899. The number of ether oxygens (including phenoxy) is 1. The van der Waals surface area contributed by atoms with Gasteiger partial charge >= 0.3 is 0 Å². The summed E-state index contributed by atoms with van der Waals surface area (Å²) in [5.74, 6) is 1.42. The molecule has 1 amide bonds. The Hall–Kier alpha value is -2.16. The first-order valence-electron chi connectivity index (χ1n) is 9.40. The highest BCUT2D eigenvalue weighted by Gasteiger charge is 2.26. The molecule has 1 saturated heterocycles. The Morgan fingerprint density at radius 3 is 2.39 bits per heavy atom. The standard InChI is InChI=1S/C20H26N2O5S/c1-3-28(24,25)17-7-5-16(6-8-17)20(23)21-14-18(19-9-4-15(2)27-19)22-10-12-26-13-11-22/h4-9,18H,3,10-14H2,1-2H3,(H,21,23). The molecule has 0 aliphatic carbocycles. The zero-order chi connectivity index (χ0) is 20.1. The largest absolute Gasteiger partial charge is 0.465 e. The van der Waals surface area contributed by atoms with Gasteiger partial charge in [0.15, 0.2) is 9.84 Å². The van der Waals surface area contributed by atoms with E-state index in [9.17, 15) is 13.2 Å². The number of benzene rings is 1. The van der Waals surface area contributed by atoms with E-state index in [4.69, 9.17) is 9.15 Å². The maximum atomic E-state index is 12.6. The molecule has 1 aliphatic heterocycles. The van der Waals surface area contributed by atoms with E-state index < -0.39 is 9.84 Å². The first-order chi connectivity index (χ1) is 13.4. The summed E-state index contributed by atoms with van der Waals surface area (Å²) in [6.07, 6.45) is 0. The fourth-order valence-electron chi connectivity index (χ4n) is 3.20. The maximum Gasteiger partial charge on any atom is 0.251 e. The van der Waals surface area contributed by atoms with Gasteiger partial charge in [0, 0.05) is 25.2 Å². The molecular formula is C20H26N2O5S. The fourth-order valence-corrected chi connectivity index (χ4v) is 4.09. The summed E-state index contributed by atoms with van der Waals surface area (Å²) in [5, 5.41) is 2.95. The van der Waals surface area contributed by atoms with Crippen molar-refractivity contribution in [2.75, 3.05) is 38.6 Å². The SMILES string of the molecule is CCS(=O)(=O)c1ccc(C(=O)NCC(c2ccc(C)o2)N2CCOCC2)cc1. The first-order valence-corrected chi connectivity index (χ1v) is 11.0. The summed E-state index contributed by atoms with van der Waals surface area (Å²) >= 11 is 0. The third-order valence-electron chi connectivity index (χ3n) is 4.89. The summed E-state index contributed by atoms with van der Waals surface area (Å²) < 4.78 is 35.0. The Morgan fingerprint density at radius 1 is 1.14 bits per heavy atom. The van der Waals surface area contributed by atoms with Crippen LogP contribution in [-0.2, 0) is 14.6 Å². The summed E-state index contributed by atoms with van der Waals surface area (Å²) in [4.78, 5) is 15.0. The van der Waals surface area contributed by atoms with Gasteiger partial charge in [-0.15, -0.1) is 0 Å². The number of rotatable bonds is 7. The number of amides is 1. The zero-order valence-corrected chi connectivity index (χ0v) is 17.0. The molecule has 152 valence electrons. The fraction of sp³-hybridized carbons (Fsp3) is 0.450. The molecule has 0 bridgehead atoms. The molecule has 7 nitrogen and oxygen atoms in total. The molecule has 1 N–H and O–H groups in total. The zero-order valence-electron chi connectivity index (χ0n) is 16.2. The number of nitrogens with zero attached hydrogens (tertiary/aromatic N) is 1. The van der Waals surface area contributed by atoms with Crippen LogP contribution in [0.25, 0.3) is 0 Å². The summed E-state index contributed by atoms with van der Waals surface area (Å²) in [6.45, 7) is 6.71. The Labute approximate surface area is 165 Å². The smallest absolute Gasteiger partial charge is 0.251 e. The van der Waals surface area contributed by atoms with Crippen molar-refractivity contribution >= 4 is 15.7 Å². The molecule has 0 radical (unpaired) electrons. The van der Waals surface area contributed by atoms with Gasteiger partial charge in [0.05, 0.1) is 29.9 Å². The van der Waals surface area contributed by atoms with E-state index >= 15 is 0 Å². The Balaban J connectivity index is 1.69. The van der Waals surface area contributed by atoms with E-state index in [1.54, 1.807) is 19.1 Å². The van der Waals surface area contributed by atoms with E-state index in [0.717, 1.165) is 24.6 Å². The minimum Gasteiger partial charge on any atom is -0.465 e. The topological polar surface area (TPSA) is 88.8 Å². The third-order valence-corrected chi connectivity index (χ3v) is 6.64. The highest BCUT2D eigenvalue weighted by Crippen LogP contribution is 2.23. The molecule has 0 spiro atoms. The lowest BCUT2D eigenvalue weighted by atomic mass is 10.1. The van der Waals surface area contributed by atoms with Crippen molar-refractivity contribution in [2.45, 2.75) is 24.8 Å². The van der Waals surface area contributed by atoms with Crippen molar-refractivity contribution in [3.05, 3.63) is 53.5 Å². The second kappa shape index (κ2) is 8.89. The van der Waals surface area contributed by atoms with E-state index in [1.807, 2.05) is 19.1 Å². The highest BCUT2D eigenvalue weighted by atomic mass is 32.2. The van der Waals surface area contributed by atoms with E-state index in [1.165, 1.54) is 12.1 Å². The number of furan rings is 1. The van der Waals surface area contributed by atoms with Gasteiger partial charge in [-0.3, -0.25) is 9.69 Å². The van der Waals surface area contributed by atoms with Crippen LogP contribution < -0.4 is 5.32 Å². The number of hydrogen-bond acceptors (Lipinski definition) is 6. The lowest BCUT2D eigenvalue weighted by molar-refractivity contribution is 0.0117. The summed E-state index contributed by atoms with van der Waals surface area (Å²) in [6, 6.07) is 9.80. The van der Waals surface area contributed by atoms with Crippen LogP contribution in [0.15, 0.2) is 45.7 Å². The molecule has 2 heterocycles. The number of aryl methyl sites for hydroxylation is 1. The lowest BCUT2D eigenvalue weighted by Crippen LogP contribution is -2.43. The predicted octanol–water partition coefficient (Wildman–Crippen LogP) is 2.18. The number of nitrogens with one attached hydrogen (secondary N) is 1. The van der Waals surface area contributed by atoms with Crippen LogP contribution in [0.4, 0.5) is 0 Å². The number of sulfone groups is 1. The lowest BCUT2D eigenvalue weighted by Gasteiger charge is -2.33. The minimum atomic E-state index is -3.28. The molecule has 3 rings (SSSR count). The van der Waals surface area contributed by atoms with Gasteiger partial charge in [-0.1, -0.05) is 6.92 Å². The van der Waals surface area contributed by atoms with Crippen molar-refractivity contribution < 1.29 is 22.4 Å². The second-order valence-electron chi connectivity index (χ2n) is 6.75. The van der Waals surface area contributed by atoms with Crippen molar-refractivity contribution in [2.24, 2.45) is 0 Å². The molecule has 1 aliphatic rings. The van der Waals surface area contributed by atoms with Gasteiger partial charge in [0.2, 0.25) is 0 Å². The van der Waals surface area contributed by atoms with Crippen LogP contribution in [0, 0.1) is 6.92 Å². The van der Waals surface area contributed by atoms with Crippen molar-refractivity contribution in [1.29, 1.82) is 0 Å². The molecular weight excluding hydrogens is 380 g/mol. The number of carbonyl (C=O) groups is 1. The van der Waals surface area contributed by atoms with Gasteiger partial charge in [0.1, 0.15) is 11.5 Å².